The van der Waals surface area contributed by atoms with Crippen molar-refractivity contribution < 1.29 is 0 Å². The van der Waals surface area contributed by atoms with Gasteiger partial charge in [0, 0.05) is 11.6 Å². The van der Waals surface area contributed by atoms with Gasteiger partial charge in [0.15, 0.2) is 0 Å². The number of aryl methyl sites for hydroxylation is 2. The Labute approximate surface area is 88.5 Å². The summed E-state index contributed by atoms with van der Waals surface area (Å²) in [7, 11) is 0. The molecule has 0 aliphatic carbocycles. The van der Waals surface area contributed by atoms with Crippen LogP contribution >= 0.6 is 11.6 Å². The van der Waals surface area contributed by atoms with Crippen LogP contribution in [0.2, 0.25) is 5.02 Å². The van der Waals surface area contributed by atoms with Gasteiger partial charge in [0.25, 0.3) is 0 Å². The van der Waals surface area contributed by atoms with E-state index in [-0.39, 0.29) is 0 Å². The van der Waals surface area contributed by atoms with Gasteiger partial charge in [0.05, 0.1) is 17.4 Å². The molecule has 0 radical (unpaired) electrons. The molecule has 3 heteroatoms. The van der Waals surface area contributed by atoms with Crippen LogP contribution in [-0.2, 0) is 13.0 Å². The van der Waals surface area contributed by atoms with Crippen LogP contribution in [0.4, 0.5) is 0 Å². The molecule has 14 heavy (non-hydrogen) atoms. The van der Waals surface area contributed by atoms with Crippen molar-refractivity contribution >= 4 is 22.6 Å². The van der Waals surface area contributed by atoms with Crippen LogP contribution in [0.25, 0.3) is 11.0 Å². The molecule has 0 saturated carbocycles. The van der Waals surface area contributed by atoms with E-state index in [1.807, 2.05) is 12.4 Å². The second-order valence-corrected chi connectivity index (χ2v) is 3.72. The Morgan fingerprint density at radius 2 is 2.14 bits per heavy atom. The van der Waals surface area contributed by atoms with Gasteiger partial charge in [-0.25, -0.2) is 4.98 Å². The number of nitrogens with zero attached hydrogens (tertiary/aromatic N) is 2. The molecule has 0 aliphatic rings. The lowest BCUT2D eigenvalue weighted by Crippen LogP contribution is -1.92. The van der Waals surface area contributed by atoms with E-state index in [2.05, 4.69) is 29.5 Å². The number of benzene rings is 1. The van der Waals surface area contributed by atoms with Crippen LogP contribution in [0.5, 0.6) is 0 Å². The minimum Gasteiger partial charge on any atom is -0.331 e. The Morgan fingerprint density at radius 1 is 1.36 bits per heavy atom. The number of hydrogen-bond acceptors (Lipinski definition) is 1. The van der Waals surface area contributed by atoms with Crippen molar-refractivity contribution in [1.29, 1.82) is 0 Å². The maximum atomic E-state index is 6.11. The van der Waals surface area contributed by atoms with Crippen LogP contribution < -0.4 is 0 Å². The zero-order valence-electron chi connectivity index (χ0n) is 8.42. The first kappa shape index (κ1) is 9.53. The first-order valence-corrected chi connectivity index (χ1v) is 5.27. The van der Waals surface area contributed by atoms with Gasteiger partial charge >= 0.3 is 0 Å². The molecular formula is C11H13ClN2. The van der Waals surface area contributed by atoms with Crippen molar-refractivity contribution in [2.24, 2.45) is 0 Å². The summed E-state index contributed by atoms with van der Waals surface area (Å²) in [6.45, 7) is 5.17. The molecule has 74 valence electrons. The van der Waals surface area contributed by atoms with Crippen LogP contribution in [0.15, 0.2) is 18.5 Å². The number of rotatable bonds is 2. The molecule has 0 spiro atoms. The molecule has 0 fully saturated rings. The maximum Gasteiger partial charge on any atom is 0.0958 e. The van der Waals surface area contributed by atoms with Gasteiger partial charge in [-0.1, -0.05) is 18.5 Å². The molecule has 0 amide bonds. The van der Waals surface area contributed by atoms with Gasteiger partial charge < -0.3 is 4.57 Å². The van der Waals surface area contributed by atoms with E-state index in [4.69, 9.17) is 11.6 Å². The highest BCUT2D eigenvalue weighted by Gasteiger charge is 2.05. The summed E-state index contributed by atoms with van der Waals surface area (Å²) in [5, 5.41) is 0.821. The lowest BCUT2D eigenvalue weighted by Gasteiger charge is -2.03. The van der Waals surface area contributed by atoms with E-state index < -0.39 is 0 Å². The summed E-state index contributed by atoms with van der Waals surface area (Å²) in [6, 6.07) is 4.08. The molecular weight excluding hydrogens is 196 g/mol. The first-order chi connectivity index (χ1) is 6.76. The standard InChI is InChI=1S/C11H13ClN2/c1-3-8-5-11-10(6-9(8)12)13-7-14(11)4-2/h5-7H,3-4H2,1-2H3. The third kappa shape index (κ3) is 1.40. The van der Waals surface area contributed by atoms with Gasteiger partial charge in [-0.2, -0.15) is 0 Å². The van der Waals surface area contributed by atoms with Gasteiger partial charge in [0.2, 0.25) is 0 Å². The average molecular weight is 209 g/mol. The number of imidazole rings is 1. The van der Waals surface area contributed by atoms with Gasteiger partial charge in [0.1, 0.15) is 0 Å². The molecule has 1 aromatic heterocycles. The lowest BCUT2D eigenvalue weighted by atomic mass is 10.1. The zero-order valence-corrected chi connectivity index (χ0v) is 9.17. The number of fused-ring (bicyclic) bond motifs is 1. The van der Waals surface area contributed by atoms with Gasteiger partial charge in [-0.05, 0) is 31.0 Å². The maximum absolute atomic E-state index is 6.11. The summed E-state index contributed by atoms with van der Waals surface area (Å²) in [6.07, 6.45) is 2.82. The third-order valence-corrected chi connectivity index (χ3v) is 2.86. The summed E-state index contributed by atoms with van der Waals surface area (Å²) in [5.74, 6) is 0. The van der Waals surface area contributed by atoms with E-state index in [0.29, 0.717) is 0 Å². The number of halogens is 1. The van der Waals surface area contributed by atoms with Crippen LogP contribution in [-0.4, -0.2) is 9.55 Å². The highest BCUT2D eigenvalue weighted by molar-refractivity contribution is 6.32. The molecule has 0 saturated heterocycles. The van der Waals surface area contributed by atoms with Crippen LogP contribution in [0.1, 0.15) is 19.4 Å². The van der Waals surface area contributed by atoms with Crippen molar-refractivity contribution in [3.8, 4) is 0 Å². The smallest absolute Gasteiger partial charge is 0.0958 e. The minimum absolute atomic E-state index is 0.821. The van der Waals surface area contributed by atoms with Gasteiger partial charge in [-0.3, -0.25) is 0 Å². The van der Waals surface area contributed by atoms with Crippen molar-refractivity contribution in [2.75, 3.05) is 0 Å². The molecule has 0 N–H and O–H groups in total. The van der Waals surface area contributed by atoms with E-state index in [1.165, 1.54) is 11.1 Å². The predicted octanol–water partition coefficient (Wildman–Crippen LogP) is 3.27. The van der Waals surface area contributed by atoms with Crippen LogP contribution in [0, 0.1) is 0 Å². The predicted molar refractivity (Wildman–Crippen MR) is 59.8 cm³/mol. The second kappa shape index (κ2) is 3.62. The third-order valence-electron chi connectivity index (χ3n) is 2.51. The van der Waals surface area contributed by atoms with E-state index in [1.54, 1.807) is 0 Å². The van der Waals surface area contributed by atoms with Crippen molar-refractivity contribution in [3.05, 3.63) is 29.0 Å². The molecule has 0 unspecified atom stereocenters. The molecule has 2 rings (SSSR count). The average Bonchev–Trinajstić information content (AvgIpc) is 2.58. The highest BCUT2D eigenvalue weighted by Crippen LogP contribution is 2.23. The molecule has 0 aliphatic heterocycles. The van der Waals surface area contributed by atoms with Crippen molar-refractivity contribution in [1.82, 2.24) is 9.55 Å². The topological polar surface area (TPSA) is 17.8 Å². The quantitative estimate of drug-likeness (QED) is 0.741. The lowest BCUT2D eigenvalue weighted by molar-refractivity contribution is 0.786. The van der Waals surface area contributed by atoms with E-state index in [9.17, 15) is 0 Å². The molecule has 0 bridgehead atoms. The highest BCUT2D eigenvalue weighted by atomic mass is 35.5. The SMILES string of the molecule is CCc1cc2c(cc1Cl)ncn2CC. The zero-order chi connectivity index (χ0) is 10.1. The van der Waals surface area contributed by atoms with Crippen molar-refractivity contribution in [3.63, 3.8) is 0 Å². The normalized spacial score (nSPS) is 11.1. The van der Waals surface area contributed by atoms with E-state index in [0.717, 1.165) is 23.5 Å². The minimum atomic E-state index is 0.821. The number of hydrogen-bond donors (Lipinski definition) is 0. The fourth-order valence-corrected chi connectivity index (χ4v) is 1.94. The summed E-state index contributed by atoms with van der Waals surface area (Å²) >= 11 is 6.11. The summed E-state index contributed by atoms with van der Waals surface area (Å²) in [4.78, 5) is 4.30. The Hall–Kier alpha value is -1.02. The molecule has 1 heterocycles. The summed E-state index contributed by atoms with van der Waals surface area (Å²) in [5.41, 5.74) is 3.34. The monoisotopic (exact) mass is 208 g/mol. The largest absolute Gasteiger partial charge is 0.331 e. The van der Waals surface area contributed by atoms with Crippen molar-refractivity contribution in [2.45, 2.75) is 26.8 Å². The molecule has 0 atom stereocenters. The number of aromatic nitrogens is 2. The second-order valence-electron chi connectivity index (χ2n) is 3.32. The Balaban J connectivity index is 2.70. The van der Waals surface area contributed by atoms with Crippen LogP contribution in [0.3, 0.4) is 0 Å². The fourth-order valence-electron chi connectivity index (χ4n) is 1.65. The summed E-state index contributed by atoms with van der Waals surface area (Å²) < 4.78 is 2.13. The van der Waals surface area contributed by atoms with Gasteiger partial charge in [-0.15, -0.1) is 0 Å². The fraction of sp³-hybridized carbons (Fsp3) is 0.364. The Kier molecular flexibility index (Phi) is 2.46. The Morgan fingerprint density at radius 3 is 2.79 bits per heavy atom. The Bertz CT molecular complexity index is 460. The molecule has 2 aromatic rings. The molecule has 2 nitrogen and oxygen atoms in total. The van der Waals surface area contributed by atoms with E-state index >= 15 is 0 Å². The first-order valence-electron chi connectivity index (χ1n) is 4.89. The molecule has 1 aromatic carbocycles.